The summed E-state index contributed by atoms with van der Waals surface area (Å²) in [7, 11) is 0. The molecule has 2 aliphatic heterocycles. The Bertz CT molecular complexity index is 1010. The summed E-state index contributed by atoms with van der Waals surface area (Å²) >= 11 is 0. The van der Waals surface area contributed by atoms with Crippen molar-refractivity contribution in [1.29, 1.82) is 0 Å². The Kier molecular flexibility index (Phi) is 14.6. The fourth-order valence-corrected chi connectivity index (χ4v) is 5.55. The largest absolute Gasteiger partial charge is 0.450 e. The molecule has 12 nitrogen and oxygen atoms in total. The number of hydrogen-bond donors (Lipinski definition) is 3. The van der Waals surface area contributed by atoms with Crippen LogP contribution in [0.4, 0.5) is 4.79 Å². The van der Waals surface area contributed by atoms with Crippen LogP contribution in [0.3, 0.4) is 0 Å². The number of rotatable bonds is 7. The van der Waals surface area contributed by atoms with Gasteiger partial charge in [0.2, 0.25) is 11.8 Å². The highest BCUT2D eigenvalue weighted by Crippen LogP contribution is 2.31. The summed E-state index contributed by atoms with van der Waals surface area (Å²) in [6.45, 7) is 16.7. The molecular formula is C32H54N4O8. The molecule has 0 radical (unpaired) electrons. The summed E-state index contributed by atoms with van der Waals surface area (Å²) in [5.74, 6) is -1.88. The fourth-order valence-electron chi connectivity index (χ4n) is 5.55. The van der Waals surface area contributed by atoms with Crippen LogP contribution in [0.5, 0.6) is 0 Å². The van der Waals surface area contributed by atoms with Gasteiger partial charge < -0.3 is 35.1 Å². The summed E-state index contributed by atoms with van der Waals surface area (Å²) < 4.78 is 16.9. The van der Waals surface area contributed by atoms with Crippen molar-refractivity contribution >= 4 is 29.8 Å². The highest BCUT2D eigenvalue weighted by molar-refractivity contribution is 5.93. The highest BCUT2D eigenvalue weighted by Gasteiger charge is 2.45. The van der Waals surface area contributed by atoms with E-state index in [1.807, 2.05) is 13.8 Å². The van der Waals surface area contributed by atoms with Gasteiger partial charge in [-0.15, -0.1) is 6.58 Å². The maximum Gasteiger partial charge on any atom is 0.408 e. The molecule has 12 heteroatoms. The monoisotopic (exact) mass is 622 g/mol. The first-order valence-electron chi connectivity index (χ1n) is 15.9. The average molecular weight is 623 g/mol. The Morgan fingerprint density at radius 1 is 1.14 bits per heavy atom. The van der Waals surface area contributed by atoms with Crippen LogP contribution in [0.25, 0.3) is 0 Å². The van der Waals surface area contributed by atoms with Crippen LogP contribution in [0.1, 0.15) is 93.4 Å². The summed E-state index contributed by atoms with van der Waals surface area (Å²) in [5, 5.41) is 8.35. The van der Waals surface area contributed by atoms with Crippen LogP contribution >= 0.6 is 0 Å². The predicted octanol–water partition coefficient (Wildman–Crippen LogP) is 3.23. The molecule has 44 heavy (non-hydrogen) atoms. The number of ether oxygens (including phenoxy) is 3. The van der Waals surface area contributed by atoms with Crippen LogP contribution in [0, 0.1) is 11.8 Å². The third-order valence-electron chi connectivity index (χ3n) is 7.97. The van der Waals surface area contributed by atoms with Gasteiger partial charge in [0.25, 0.3) is 5.91 Å². The van der Waals surface area contributed by atoms with E-state index in [1.54, 1.807) is 27.7 Å². The number of carbonyl (C=O) groups is 5. The minimum Gasteiger partial charge on any atom is -0.450 e. The number of carbonyl (C=O) groups excluding carboxylic acids is 5. The number of esters is 1. The van der Waals surface area contributed by atoms with E-state index >= 15 is 0 Å². The van der Waals surface area contributed by atoms with Crippen molar-refractivity contribution in [3.8, 4) is 0 Å². The minimum absolute atomic E-state index is 0.0220. The zero-order valence-electron chi connectivity index (χ0n) is 27.6. The maximum atomic E-state index is 14.2. The normalized spacial score (nSPS) is 26.6. The molecule has 0 spiro atoms. The summed E-state index contributed by atoms with van der Waals surface area (Å²) in [6.07, 6.45) is 3.69. The molecule has 2 heterocycles. The van der Waals surface area contributed by atoms with Crippen molar-refractivity contribution in [2.24, 2.45) is 11.8 Å². The van der Waals surface area contributed by atoms with Gasteiger partial charge in [-0.1, -0.05) is 45.6 Å². The standard InChI is InChI=1S/C32H54N4O8/c1-9-16-33-29(39)27(43-22(5)37)24-15-13-11-10-12-14-17-42-21(4)26(35-31(41)44-32(6,7)8)30(40)36-19-23(20(2)3)18-25(36)28(38)34-24/h9,20-21,23-27H,1,10-19H2,2-8H3,(H,33,39)(H,34,38)(H,35,41)/t21-,23+,24-,25-,26-,27?/m0/s1. The molecule has 0 aliphatic carbocycles. The molecular weight excluding hydrogens is 568 g/mol. The third-order valence-corrected chi connectivity index (χ3v) is 7.97. The van der Waals surface area contributed by atoms with Gasteiger partial charge >= 0.3 is 12.1 Å². The van der Waals surface area contributed by atoms with E-state index in [4.69, 9.17) is 14.2 Å². The van der Waals surface area contributed by atoms with Crippen molar-refractivity contribution < 1.29 is 38.2 Å². The van der Waals surface area contributed by atoms with Crippen LogP contribution < -0.4 is 16.0 Å². The minimum atomic E-state index is -1.25. The lowest BCUT2D eigenvalue weighted by atomic mass is 9.93. The van der Waals surface area contributed by atoms with E-state index in [1.165, 1.54) is 17.9 Å². The second kappa shape index (κ2) is 17.4. The molecule has 0 saturated carbocycles. The SMILES string of the molecule is C=CCNC(=O)C(OC(C)=O)[C@@H]1CCCCCCCO[C@@H](C)[C@H](NC(=O)OC(C)(C)C)C(=O)N2C[C@H](C(C)C)C[C@H]2C(=O)N1. The molecule has 1 unspecified atom stereocenters. The van der Waals surface area contributed by atoms with E-state index in [0.717, 1.165) is 25.7 Å². The number of nitrogens with zero attached hydrogens (tertiary/aromatic N) is 1. The summed E-state index contributed by atoms with van der Waals surface area (Å²) in [4.78, 5) is 67.6. The first-order valence-corrected chi connectivity index (χ1v) is 15.9. The Balaban J connectivity index is 2.47. The van der Waals surface area contributed by atoms with Crippen molar-refractivity contribution in [2.75, 3.05) is 19.7 Å². The maximum absolute atomic E-state index is 14.2. The zero-order valence-corrected chi connectivity index (χ0v) is 27.6. The van der Waals surface area contributed by atoms with Crippen LogP contribution in [0.15, 0.2) is 12.7 Å². The Morgan fingerprint density at radius 2 is 1.80 bits per heavy atom. The molecule has 0 aromatic heterocycles. The molecule has 2 rings (SSSR count). The Hall–Kier alpha value is -3.15. The lowest BCUT2D eigenvalue weighted by Crippen LogP contribution is -2.60. The number of alkyl carbamates (subject to hydrolysis) is 1. The predicted molar refractivity (Wildman–Crippen MR) is 165 cm³/mol. The molecule has 2 aliphatic rings. The third kappa shape index (κ3) is 11.7. The topological polar surface area (TPSA) is 152 Å². The number of amides is 4. The van der Waals surface area contributed by atoms with Gasteiger partial charge in [-0.25, -0.2) is 4.79 Å². The van der Waals surface area contributed by atoms with Crippen LogP contribution in [0.2, 0.25) is 0 Å². The zero-order chi connectivity index (χ0) is 33.0. The van der Waals surface area contributed by atoms with Crippen molar-refractivity contribution in [2.45, 2.75) is 129 Å². The molecule has 0 bridgehead atoms. The molecule has 4 amide bonds. The fraction of sp³-hybridized carbons (Fsp3) is 0.781. The van der Waals surface area contributed by atoms with E-state index in [2.05, 4.69) is 22.5 Å². The lowest BCUT2D eigenvalue weighted by molar-refractivity contribution is -0.157. The van der Waals surface area contributed by atoms with Crippen molar-refractivity contribution in [3.05, 3.63) is 12.7 Å². The van der Waals surface area contributed by atoms with Crippen LogP contribution in [-0.2, 0) is 33.4 Å². The number of hydrogen-bond acceptors (Lipinski definition) is 8. The van der Waals surface area contributed by atoms with Gasteiger partial charge in [0.05, 0.1) is 12.1 Å². The molecule has 250 valence electrons. The van der Waals surface area contributed by atoms with E-state index in [0.29, 0.717) is 32.4 Å². The van der Waals surface area contributed by atoms with Crippen molar-refractivity contribution in [3.63, 3.8) is 0 Å². The first-order chi connectivity index (χ1) is 20.6. The highest BCUT2D eigenvalue weighted by atomic mass is 16.6. The Morgan fingerprint density at radius 3 is 2.41 bits per heavy atom. The van der Waals surface area contributed by atoms with Crippen LogP contribution in [-0.4, -0.2) is 90.3 Å². The van der Waals surface area contributed by atoms with E-state index in [-0.39, 0.29) is 18.4 Å². The van der Waals surface area contributed by atoms with E-state index < -0.39 is 65.7 Å². The Labute approximate surface area is 262 Å². The quantitative estimate of drug-likeness (QED) is 0.289. The number of nitrogens with one attached hydrogen (secondary N) is 3. The molecule has 2 saturated heterocycles. The summed E-state index contributed by atoms with van der Waals surface area (Å²) in [6, 6.07) is -2.76. The smallest absolute Gasteiger partial charge is 0.408 e. The second-order valence-corrected chi connectivity index (χ2v) is 13.2. The van der Waals surface area contributed by atoms with Gasteiger partial charge in [-0.2, -0.15) is 0 Å². The van der Waals surface area contributed by atoms with Gasteiger partial charge in [0, 0.05) is 26.6 Å². The average Bonchev–Trinajstić information content (AvgIpc) is 3.38. The molecule has 0 aromatic rings. The van der Waals surface area contributed by atoms with Gasteiger partial charge in [-0.05, 0) is 58.8 Å². The number of fused-ring (bicyclic) bond motifs is 1. The lowest BCUT2D eigenvalue weighted by Gasteiger charge is -2.33. The van der Waals surface area contributed by atoms with E-state index in [9.17, 15) is 24.0 Å². The molecule has 2 fully saturated rings. The molecule has 6 atom stereocenters. The van der Waals surface area contributed by atoms with Gasteiger partial charge in [0.15, 0.2) is 6.10 Å². The van der Waals surface area contributed by atoms with Gasteiger partial charge in [-0.3, -0.25) is 19.2 Å². The van der Waals surface area contributed by atoms with Crippen molar-refractivity contribution in [1.82, 2.24) is 20.9 Å². The second-order valence-electron chi connectivity index (χ2n) is 13.2. The summed E-state index contributed by atoms with van der Waals surface area (Å²) in [5.41, 5.74) is -0.778. The van der Waals surface area contributed by atoms with Gasteiger partial charge in [0.1, 0.15) is 17.7 Å². The molecule has 3 N–H and O–H groups in total. The first kappa shape index (κ1) is 37.0. The molecule has 0 aromatic carbocycles.